The van der Waals surface area contributed by atoms with E-state index in [1.807, 2.05) is 6.92 Å². The molecule has 3 fully saturated rings. The molecular weight excluding hydrogens is 391 g/mol. The van der Waals surface area contributed by atoms with Gasteiger partial charge >= 0.3 is 12.1 Å². The summed E-state index contributed by atoms with van der Waals surface area (Å²) in [6.45, 7) is 5.53. The van der Waals surface area contributed by atoms with E-state index in [0.717, 1.165) is 18.4 Å². The standard InChI is InChI=1S/C22H29F5O2/c1-12-10-14(28)11-13-4-5-15-16-7-9-20(29,21(23,24)22(25,26)27)18(16,2)8-6-17(15)19(12,13)3/h10,13,15-17,29H,4-9,11H2,1-3H3/t13?,15-,16-,17+,18-,19-,20?/m0/s1. The Morgan fingerprint density at radius 3 is 2.24 bits per heavy atom. The Morgan fingerprint density at radius 2 is 1.62 bits per heavy atom. The zero-order valence-corrected chi connectivity index (χ0v) is 17.1. The number of hydrogen-bond acceptors (Lipinski definition) is 2. The van der Waals surface area contributed by atoms with Gasteiger partial charge in [-0.3, -0.25) is 4.79 Å². The first-order valence-electron chi connectivity index (χ1n) is 10.6. The van der Waals surface area contributed by atoms with Crippen LogP contribution in [-0.4, -0.2) is 28.6 Å². The van der Waals surface area contributed by atoms with Gasteiger partial charge in [-0.2, -0.15) is 22.0 Å². The molecule has 0 spiro atoms. The summed E-state index contributed by atoms with van der Waals surface area (Å²) in [6, 6.07) is 0. The van der Waals surface area contributed by atoms with Crippen LogP contribution in [0.15, 0.2) is 11.6 Å². The second kappa shape index (κ2) is 6.04. The second-order valence-electron chi connectivity index (χ2n) is 10.4. The third kappa shape index (κ3) is 2.45. The lowest BCUT2D eigenvalue weighted by Gasteiger charge is -2.61. The number of allylic oxidation sites excluding steroid dienone is 2. The van der Waals surface area contributed by atoms with E-state index in [1.54, 1.807) is 6.08 Å². The number of halogens is 5. The van der Waals surface area contributed by atoms with Gasteiger partial charge in [-0.05, 0) is 80.6 Å². The Morgan fingerprint density at radius 1 is 1.00 bits per heavy atom. The third-order valence-corrected chi connectivity index (χ3v) is 9.61. The fraction of sp³-hybridized carbons (Fsp3) is 0.864. The van der Waals surface area contributed by atoms with Crippen molar-refractivity contribution < 1.29 is 31.9 Å². The average Bonchev–Trinajstić information content (AvgIpc) is 2.88. The first kappa shape index (κ1) is 21.3. The van der Waals surface area contributed by atoms with E-state index in [2.05, 4.69) is 6.92 Å². The molecule has 0 aromatic carbocycles. The lowest BCUT2D eigenvalue weighted by Crippen LogP contribution is -2.66. The summed E-state index contributed by atoms with van der Waals surface area (Å²) in [5.74, 6) is -5.06. The van der Waals surface area contributed by atoms with Crippen molar-refractivity contribution in [2.24, 2.45) is 34.5 Å². The molecule has 7 heteroatoms. The lowest BCUT2D eigenvalue weighted by atomic mass is 9.44. The Balaban J connectivity index is 1.72. The fourth-order valence-corrected chi connectivity index (χ4v) is 7.82. The van der Waals surface area contributed by atoms with Gasteiger partial charge in [0.1, 0.15) is 5.60 Å². The van der Waals surface area contributed by atoms with Crippen molar-refractivity contribution in [3.8, 4) is 0 Å². The molecule has 0 amide bonds. The van der Waals surface area contributed by atoms with Crippen LogP contribution >= 0.6 is 0 Å². The number of rotatable bonds is 1. The summed E-state index contributed by atoms with van der Waals surface area (Å²) < 4.78 is 68.6. The maximum atomic E-state index is 14.5. The number of carbonyl (C=O) groups excluding carboxylic acids is 1. The van der Waals surface area contributed by atoms with E-state index in [9.17, 15) is 31.9 Å². The molecule has 4 rings (SSSR count). The van der Waals surface area contributed by atoms with Crippen LogP contribution in [0.2, 0.25) is 0 Å². The van der Waals surface area contributed by atoms with Crippen LogP contribution in [0.25, 0.3) is 0 Å². The quantitative estimate of drug-likeness (QED) is 0.553. The molecule has 0 radical (unpaired) electrons. The highest BCUT2D eigenvalue weighted by Crippen LogP contribution is 2.71. The van der Waals surface area contributed by atoms with Crippen LogP contribution in [0, 0.1) is 34.5 Å². The third-order valence-electron chi connectivity index (χ3n) is 9.61. The maximum absolute atomic E-state index is 14.5. The number of ketones is 1. The second-order valence-corrected chi connectivity index (χ2v) is 10.4. The van der Waals surface area contributed by atoms with Gasteiger partial charge in [-0.25, -0.2) is 0 Å². The van der Waals surface area contributed by atoms with Crippen LogP contribution in [0.3, 0.4) is 0 Å². The molecule has 164 valence electrons. The zero-order valence-electron chi connectivity index (χ0n) is 17.1. The van der Waals surface area contributed by atoms with Crippen LogP contribution in [0.5, 0.6) is 0 Å². The van der Waals surface area contributed by atoms with Gasteiger partial charge in [0.25, 0.3) is 0 Å². The predicted octanol–water partition coefficient (Wildman–Crippen LogP) is 5.69. The summed E-state index contributed by atoms with van der Waals surface area (Å²) in [4.78, 5) is 12.1. The highest BCUT2D eigenvalue weighted by Gasteiger charge is 2.79. The molecule has 2 nitrogen and oxygen atoms in total. The van der Waals surface area contributed by atoms with Crippen LogP contribution in [0.1, 0.15) is 65.7 Å². The van der Waals surface area contributed by atoms with Gasteiger partial charge in [0.2, 0.25) is 0 Å². The molecule has 1 N–H and O–H groups in total. The topological polar surface area (TPSA) is 37.3 Å². The highest BCUT2D eigenvalue weighted by molar-refractivity contribution is 5.91. The summed E-state index contributed by atoms with van der Waals surface area (Å²) in [7, 11) is 0. The summed E-state index contributed by atoms with van der Waals surface area (Å²) in [5, 5.41) is 10.9. The number of fused-ring (bicyclic) bond motifs is 5. The van der Waals surface area contributed by atoms with E-state index in [0.29, 0.717) is 12.8 Å². The van der Waals surface area contributed by atoms with E-state index in [1.165, 1.54) is 6.92 Å². The minimum Gasteiger partial charge on any atom is -0.383 e. The molecule has 4 aliphatic carbocycles. The number of hydrogen-bond donors (Lipinski definition) is 1. The Hall–Kier alpha value is -0.980. The molecule has 3 saturated carbocycles. The molecule has 0 aromatic heterocycles. The molecule has 0 bridgehead atoms. The number of carbonyl (C=O) groups is 1. The van der Waals surface area contributed by atoms with Crippen molar-refractivity contribution in [3.05, 3.63) is 11.6 Å². The van der Waals surface area contributed by atoms with E-state index in [-0.39, 0.29) is 47.7 Å². The van der Waals surface area contributed by atoms with Gasteiger partial charge in [0, 0.05) is 11.8 Å². The van der Waals surface area contributed by atoms with E-state index in [4.69, 9.17) is 0 Å². The monoisotopic (exact) mass is 420 g/mol. The molecule has 0 heterocycles. The number of aliphatic hydroxyl groups is 1. The molecule has 2 unspecified atom stereocenters. The molecule has 29 heavy (non-hydrogen) atoms. The minimum absolute atomic E-state index is 0.00962. The van der Waals surface area contributed by atoms with Crippen LogP contribution < -0.4 is 0 Å². The van der Waals surface area contributed by atoms with Crippen molar-refractivity contribution >= 4 is 5.78 Å². The maximum Gasteiger partial charge on any atom is 0.456 e. The van der Waals surface area contributed by atoms with Crippen LogP contribution in [-0.2, 0) is 4.79 Å². The predicted molar refractivity (Wildman–Crippen MR) is 97.2 cm³/mol. The molecule has 7 atom stereocenters. The normalized spacial score (nSPS) is 47.9. The minimum atomic E-state index is -5.77. The zero-order chi connectivity index (χ0) is 21.6. The average molecular weight is 420 g/mol. The largest absolute Gasteiger partial charge is 0.456 e. The molecular formula is C22H29F5O2. The molecule has 4 aliphatic rings. The summed E-state index contributed by atoms with van der Waals surface area (Å²) in [5.41, 5.74) is -3.77. The fourth-order valence-electron chi connectivity index (χ4n) is 7.82. The molecule has 0 saturated heterocycles. The van der Waals surface area contributed by atoms with Gasteiger partial charge in [-0.15, -0.1) is 0 Å². The SMILES string of the molecule is CC1=CC(=O)CC2CC[C@@H]3[C@@H](CC[C@@]4(C)[C@H]3CCC4(O)C(F)(F)C(F)(F)F)[C@@]12C. The Bertz CT molecular complexity index is 759. The Labute approximate surface area is 167 Å². The van der Waals surface area contributed by atoms with Crippen molar-refractivity contribution in [2.45, 2.75) is 83.4 Å². The van der Waals surface area contributed by atoms with Crippen molar-refractivity contribution in [1.29, 1.82) is 0 Å². The number of alkyl halides is 5. The van der Waals surface area contributed by atoms with Gasteiger partial charge in [0.05, 0.1) is 0 Å². The van der Waals surface area contributed by atoms with Crippen molar-refractivity contribution in [2.75, 3.05) is 0 Å². The lowest BCUT2D eigenvalue weighted by molar-refractivity contribution is -0.364. The first-order chi connectivity index (χ1) is 13.2. The van der Waals surface area contributed by atoms with Gasteiger partial charge in [-0.1, -0.05) is 19.4 Å². The van der Waals surface area contributed by atoms with Crippen molar-refractivity contribution in [3.63, 3.8) is 0 Å². The summed E-state index contributed by atoms with van der Waals surface area (Å²) in [6.07, 6.45) is -1.81. The van der Waals surface area contributed by atoms with Gasteiger partial charge < -0.3 is 5.11 Å². The Kier molecular flexibility index (Phi) is 4.43. The molecule has 0 aliphatic heterocycles. The summed E-state index contributed by atoms with van der Waals surface area (Å²) >= 11 is 0. The van der Waals surface area contributed by atoms with Crippen molar-refractivity contribution in [1.82, 2.24) is 0 Å². The first-order valence-corrected chi connectivity index (χ1v) is 10.6. The highest BCUT2D eigenvalue weighted by atomic mass is 19.4. The van der Waals surface area contributed by atoms with Gasteiger partial charge in [0.15, 0.2) is 5.78 Å². The van der Waals surface area contributed by atoms with E-state index >= 15 is 0 Å². The smallest absolute Gasteiger partial charge is 0.383 e. The molecule has 0 aromatic rings. The van der Waals surface area contributed by atoms with E-state index < -0.39 is 29.5 Å². The van der Waals surface area contributed by atoms with Crippen LogP contribution in [0.4, 0.5) is 22.0 Å².